The van der Waals surface area contributed by atoms with Crippen LogP contribution in [0.1, 0.15) is 23.5 Å². The van der Waals surface area contributed by atoms with Gasteiger partial charge >= 0.3 is 0 Å². The van der Waals surface area contributed by atoms with Gasteiger partial charge < -0.3 is 16.0 Å². The number of carbonyl (C=O) groups is 1. The molecular formula is C11H20N4O2S2. The number of nitrogens with zero attached hydrogens (tertiary/aromatic N) is 2. The van der Waals surface area contributed by atoms with Crippen molar-refractivity contribution in [3.8, 4) is 0 Å². The summed E-state index contributed by atoms with van der Waals surface area (Å²) < 4.78 is 11.1. The Morgan fingerprint density at radius 2 is 2.26 bits per heavy atom. The molecule has 1 rings (SSSR count). The standard InChI is InChI=1S/C11H20N4O2S2/c1-5-15(3)11-14-9(12)8(18-11)10(16)13-7(2)6-19(4)17/h7H,5-6,12H2,1-4H3,(H,13,16). The van der Waals surface area contributed by atoms with Gasteiger partial charge in [0.25, 0.3) is 5.91 Å². The van der Waals surface area contributed by atoms with E-state index in [4.69, 9.17) is 5.73 Å². The second kappa shape index (κ2) is 6.85. The summed E-state index contributed by atoms with van der Waals surface area (Å²) in [6.07, 6.45) is 1.61. The van der Waals surface area contributed by atoms with Gasteiger partial charge in [-0.3, -0.25) is 9.00 Å². The molecule has 2 unspecified atom stereocenters. The summed E-state index contributed by atoms with van der Waals surface area (Å²) in [5.74, 6) is 0.401. The summed E-state index contributed by atoms with van der Waals surface area (Å²) >= 11 is 1.26. The Bertz CT molecular complexity index is 475. The van der Waals surface area contributed by atoms with Crippen LogP contribution in [-0.2, 0) is 10.8 Å². The van der Waals surface area contributed by atoms with Crippen LogP contribution in [0.4, 0.5) is 10.9 Å². The number of nitrogens with one attached hydrogen (secondary N) is 1. The number of nitrogens with two attached hydrogens (primary N) is 1. The molecule has 6 nitrogen and oxygen atoms in total. The van der Waals surface area contributed by atoms with Crippen molar-refractivity contribution in [1.29, 1.82) is 0 Å². The molecule has 0 aromatic carbocycles. The number of carbonyl (C=O) groups excluding carboxylic acids is 1. The van der Waals surface area contributed by atoms with Gasteiger partial charge in [-0.05, 0) is 13.8 Å². The Morgan fingerprint density at radius 3 is 2.79 bits per heavy atom. The van der Waals surface area contributed by atoms with Crippen LogP contribution in [0.5, 0.6) is 0 Å². The van der Waals surface area contributed by atoms with E-state index in [9.17, 15) is 9.00 Å². The fourth-order valence-electron chi connectivity index (χ4n) is 1.46. The quantitative estimate of drug-likeness (QED) is 0.807. The van der Waals surface area contributed by atoms with E-state index in [1.807, 2.05) is 25.8 Å². The van der Waals surface area contributed by atoms with E-state index in [1.165, 1.54) is 11.3 Å². The maximum atomic E-state index is 12.0. The highest BCUT2D eigenvalue weighted by Crippen LogP contribution is 2.27. The fraction of sp³-hybridized carbons (Fsp3) is 0.636. The summed E-state index contributed by atoms with van der Waals surface area (Å²) in [6, 6.07) is -0.160. The first kappa shape index (κ1) is 15.9. The second-order valence-electron chi connectivity index (χ2n) is 4.34. The molecule has 0 bridgehead atoms. The molecule has 0 saturated carbocycles. The predicted octanol–water partition coefficient (Wildman–Crippen LogP) is 0.678. The van der Waals surface area contributed by atoms with Crippen LogP contribution in [0.3, 0.4) is 0 Å². The lowest BCUT2D eigenvalue weighted by Gasteiger charge is -2.12. The highest BCUT2D eigenvalue weighted by molar-refractivity contribution is 7.84. The van der Waals surface area contributed by atoms with E-state index in [0.29, 0.717) is 10.6 Å². The number of thiazole rings is 1. The maximum Gasteiger partial charge on any atom is 0.265 e. The monoisotopic (exact) mass is 304 g/mol. The van der Waals surface area contributed by atoms with E-state index in [1.54, 1.807) is 6.26 Å². The van der Waals surface area contributed by atoms with Gasteiger partial charge in [0.05, 0.1) is 0 Å². The third-order valence-corrected chi connectivity index (χ3v) is 4.67. The largest absolute Gasteiger partial charge is 0.382 e. The van der Waals surface area contributed by atoms with Crippen LogP contribution >= 0.6 is 11.3 Å². The zero-order valence-electron chi connectivity index (χ0n) is 11.6. The number of nitrogen functional groups attached to an aromatic ring is 1. The van der Waals surface area contributed by atoms with E-state index >= 15 is 0 Å². The Balaban J connectivity index is 2.77. The molecule has 2 atom stereocenters. The lowest BCUT2D eigenvalue weighted by molar-refractivity contribution is 0.0948. The SMILES string of the molecule is CCN(C)c1nc(N)c(C(=O)NC(C)CS(C)=O)s1. The van der Waals surface area contributed by atoms with Gasteiger partial charge in [-0.15, -0.1) is 0 Å². The van der Waals surface area contributed by atoms with Crippen molar-refractivity contribution in [2.24, 2.45) is 0 Å². The van der Waals surface area contributed by atoms with Crippen molar-refractivity contribution in [3.63, 3.8) is 0 Å². The molecule has 19 heavy (non-hydrogen) atoms. The van der Waals surface area contributed by atoms with Crippen molar-refractivity contribution in [3.05, 3.63) is 4.88 Å². The summed E-state index contributed by atoms with van der Waals surface area (Å²) in [4.78, 5) is 18.5. The second-order valence-corrected chi connectivity index (χ2v) is 6.80. The van der Waals surface area contributed by atoms with Gasteiger partial charge in [-0.2, -0.15) is 0 Å². The Labute approximate surface area is 119 Å². The molecule has 0 radical (unpaired) electrons. The van der Waals surface area contributed by atoms with Crippen molar-refractivity contribution in [2.45, 2.75) is 19.9 Å². The van der Waals surface area contributed by atoms with Crippen LogP contribution in [0.15, 0.2) is 0 Å². The number of anilines is 2. The molecule has 1 aromatic rings. The molecule has 0 spiro atoms. The Kier molecular flexibility index (Phi) is 5.74. The van der Waals surface area contributed by atoms with Crippen molar-refractivity contribution >= 4 is 39.0 Å². The van der Waals surface area contributed by atoms with E-state index in [0.717, 1.165) is 11.7 Å². The Morgan fingerprint density at radius 1 is 1.63 bits per heavy atom. The molecule has 0 aliphatic carbocycles. The fourth-order valence-corrected chi connectivity index (χ4v) is 3.17. The zero-order valence-corrected chi connectivity index (χ0v) is 13.2. The molecule has 1 aromatic heterocycles. The van der Waals surface area contributed by atoms with E-state index < -0.39 is 10.8 Å². The molecular weight excluding hydrogens is 284 g/mol. The summed E-state index contributed by atoms with van der Waals surface area (Å²) in [7, 11) is 0.948. The molecule has 0 saturated heterocycles. The highest BCUT2D eigenvalue weighted by Gasteiger charge is 2.19. The first-order chi connectivity index (χ1) is 8.85. The van der Waals surface area contributed by atoms with Crippen molar-refractivity contribution in [1.82, 2.24) is 10.3 Å². The number of aromatic nitrogens is 1. The van der Waals surface area contributed by atoms with Gasteiger partial charge in [0, 0.05) is 42.4 Å². The lowest BCUT2D eigenvalue weighted by atomic mass is 10.3. The number of hydrogen-bond acceptors (Lipinski definition) is 6. The van der Waals surface area contributed by atoms with Gasteiger partial charge in [-0.25, -0.2) is 4.98 Å². The summed E-state index contributed by atoms with van der Waals surface area (Å²) in [5.41, 5.74) is 5.76. The third kappa shape index (κ3) is 4.46. The average molecular weight is 304 g/mol. The lowest BCUT2D eigenvalue weighted by Crippen LogP contribution is -2.36. The van der Waals surface area contributed by atoms with E-state index in [-0.39, 0.29) is 17.8 Å². The number of rotatable bonds is 6. The molecule has 3 N–H and O–H groups in total. The molecule has 0 aliphatic heterocycles. The number of amides is 1. The normalized spacial score (nSPS) is 13.9. The molecule has 8 heteroatoms. The van der Waals surface area contributed by atoms with E-state index in [2.05, 4.69) is 10.3 Å². The minimum absolute atomic E-state index is 0.160. The van der Waals surface area contributed by atoms with Crippen LogP contribution in [-0.4, -0.2) is 46.7 Å². The summed E-state index contributed by atoms with van der Waals surface area (Å²) in [6.45, 7) is 4.60. The number of hydrogen-bond donors (Lipinski definition) is 2. The third-order valence-electron chi connectivity index (χ3n) is 2.51. The van der Waals surface area contributed by atoms with Gasteiger partial charge in [-0.1, -0.05) is 11.3 Å². The summed E-state index contributed by atoms with van der Waals surface area (Å²) in [5, 5.41) is 3.50. The molecule has 108 valence electrons. The highest BCUT2D eigenvalue weighted by atomic mass is 32.2. The predicted molar refractivity (Wildman–Crippen MR) is 81.3 cm³/mol. The zero-order chi connectivity index (χ0) is 14.6. The molecule has 1 amide bonds. The minimum Gasteiger partial charge on any atom is -0.382 e. The average Bonchev–Trinajstić information content (AvgIpc) is 2.69. The first-order valence-corrected chi connectivity index (χ1v) is 8.47. The molecule has 0 fully saturated rings. The maximum absolute atomic E-state index is 12.0. The van der Waals surface area contributed by atoms with Gasteiger partial charge in [0.2, 0.25) is 0 Å². The van der Waals surface area contributed by atoms with Crippen LogP contribution in [0.25, 0.3) is 0 Å². The van der Waals surface area contributed by atoms with Gasteiger partial charge in [0.1, 0.15) is 10.7 Å². The van der Waals surface area contributed by atoms with Gasteiger partial charge in [0.15, 0.2) is 5.13 Å². The first-order valence-electron chi connectivity index (χ1n) is 5.93. The minimum atomic E-state index is -0.944. The molecule has 1 heterocycles. The van der Waals surface area contributed by atoms with Crippen molar-refractivity contribution in [2.75, 3.05) is 36.2 Å². The van der Waals surface area contributed by atoms with Crippen LogP contribution in [0.2, 0.25) is 0 Å². The Hall–Kier alpha value is -1.15. The van der Waals surface area contributed by atoms with Crippen LogP contribution < -0.4 is 16.0 Å². The van der Waals surface area contributed by atoms with Crippen LogP contribution in [0, 0.1) is 0 Å². The smallest absolute Gasteiger partial charge is 0.265 e. The van der Waals surface area contributed by atoms with Crippen molar-refractivity contribution < 1.29 is 9.00 Å². The molecule has 0 aliphatic rings. The topological polar surface area (TPSA) is 88.3 Å².